The second-order valence-electron chi connectivity index (χ2n) is 11.2. The number of nitrogens with one attached hydrogen (secondary N) is 1. The van der Waals surface area contributed by atoms with Crippen LogP contribution in [0.25, 0.3) is 10.9 Å². The van der Waals surface area contributed by atoms with E-state index in [1.54, 1.807) is 16.4 Å². The van der Waals surface area contributed by atoms with Crippen LogP contribution >= 0.6 is 0 Å². The zero-order valence-electron chi connectivity index (χ0n) is 24.0. The number of piperazine rings is 1. The molecule has 0 aliphatic carbocycles. The second kappa shape index (κ2) is 11.6. The summed E-state index contributed by atoms with van der Waals surface area (Å²) in [7, 11) is -3.53. The highest BCUT2D eigenvalue weighted by Crippen LogP contribution is 2.29. The fourth-order valence-electron chi connectivity index (χ4n) is 5.13. The Morgan fingerprint density at radius 1 is 0.725 bits per heavy atom. The predicted octanol–water partition coefficient (Wildman–Crippen LogP) is 6.69. The van der Waals surface area contributed by atoms with Crippen LogP contribution in [0, 0.1) is 0 Å². The standard InChI is InChI=1S/C32H39N5O2S/c1-22(2)25-10-14-27(15-11-25)33-32-29-8-6-7-9-30(29)34-31(35-32)24(5)36-18-20-37(21-19-36)40(38,39)28-16-12-26(13-17-28)23(3)4/h6-17,22-24H,18-21H2,1-5H3,(H,33,34,35)/t24-/m1/s1. The van der Waals surface area contributed by atoms with E-state index in [4.69, 9.17) is 9.97 Å². The van der Waals surface area contributed by atoms with Gasteiger partial charge in [-0.05, 0) is 66.3 Å². The zero-order valence-corrected chi connectivity index (χ0v) is 24.8. The SMILES string of the molecule is CC(C)c1ccc(Nc2nc([C@@H](C)N3CCN(S(=O)(=O)c4ccc(C(C)C)cc4)CC3)nc3ccccc23)cc1. The van der Waals surface area contributed by atoms with Crippen molar-refractivity contribution >= 4 is 32.4 Å². The minimum Gasteiger partial charge on any atom is -0.340 e. The molecule has 0 radical (unpaired) electrons. The van der Waals surface area contributed by atoms with Gasteiger partial charge in [0.2, 0.25) is 10.0 Å². The Morgan fingerprint density at radius 3 is 1.90 bits per heavy atom. The number of aromatic nitrogens is 2. The van der Waals surface area contributed by atoms with Gasteiger partial charge in [-0.15, -0.1) is 0 Å². The van der Waals surface area contributed by atoms with Crippen LogP contribution in [0.15, 0.2) is 77.7 Å². The van der Waals surface area contributed by atoms with Crippen LogP contribution in [-0.2, 0) is 10.0 Å². The van der Waals surface area contributed by atoms with Crippen molar-refractivity contribution in [1.82, 2.24) is 19.2 Å². The normalized spacial score (nSPS) is 16.1. The van der Waals surface area contributed by atoms with Gasteiger partial charge in [0.15, 0.2) is 0 Å². The Balaban J connectivity index is 1.33. The van der Waals surface area contributed by atoms with E-state index in [1.165, 1.54) is 5.56 Å². The molecule has 8 heteroatoms. The van der Waals surface area contributed by atoms with Crippen LogP contribution in [0.1, 0.15) is 69.4 Å². The van der Waals surface area contributed by atoms with Crippen molar-refractivity contribution in [3.63, 3.8) is 0 Å². The lowest BCUT2D eigenvalue weighted by Gasteiger charge is -2.37. The molecule has 0 amide bonds. The van der Waals surface area contributed by atoms with Gasteiger partial charge in [-0.25, -0.2) is 18.4 Å². The van der Waals surface area contributed by atoms with Crippen LogP contribution in [0.4, 0.5) is 11.5 Å². The predicted molar refractivity (Wildman–Crippen MR) is 163 cm³/mol. The molecule has 1 aliphatic heterocycles. The molecule has 0 spiro atoms. The third kappa shape index (κ3) is 5.89. The molecule has 1 aliphatic rings. The van der Waals surface area contributed by atoms with E-state index in [9.17, 15) is 8.42 Å². The highest BCUT2D eigenvalue weighted by atomic mass is 32.2. The van der Waals surface area contributed by atoms with E-state index in [2.05, 4.69) is 69.1 Å². The third-order valence-electron chi connectivity index (χ3n) is 7.84. The second-order valence-corrected chi connectivity index (χ2v) is 13.1. The molecule has 1 fully saturated rings. The Kier molecular flexibility index (Phi) is 8.21. The minimum absolute atomic E-state index is 0.0661. The molecule has 5 rings (SSSR count). The molecule has 3 aromatic carbocycles. The number of fused-ring (bicyclic) bond motifs is 1. The molecular formula is C32H39N5O2S. The van der Waals surface area contributed by atoms with Crippen LogP contribution in [0.2, 0.25) is 0 Å². The maximum Gasteiger partial charge on any atom is 0.243 e. The fraction of sp³-hybridized carbons (Fsp3) is 0.375. The van der Waals surface area contributed by atoms with Gasteiger partial charge >= 0.3 is 0 Å². The summed E-state index contributed by atoms with van der Waals surface area (Å²) >= 11 is 0. The number of anilines is 2. The summed E-state index contributed by atoms with van der Waals surface area (Å²) in [5.41, 5.74) is 4.29. The average molecular weight is 558 g/mol. The maximum atomic E-state index is 13.3. The molecule has 1 saturated heterocycles. The van der Waals surface area contributed by atoms with Crippen LogP contribution in [0.5, 0.6) is 0 Å². The van der Waals surface area contributed by atoms with Crippen molar-refractivity contribution in [2.75, 3.05) is 31.5 Å². The summed E-state index contributed by atoms with van der Waals surface area (Å²) in [6, 6.07) is 23.7. The first kappa shape index (κ1) is 28.2. The maximum absolute atomic E-state index is 13.3. The minimum atomic E-state index is -3.53. The smallest absolute Gasteiger partial charge is 0.243 e. The molecule has 0 unspecified atom stereocenters. The largest absolute Gasteiger partial charge is 0.340 e. The van der Waals surface area contributed by atoms with Crippen molar-refractivity contribution in [2.24, 2.45) is 0 Å². The summed E-state index contributed by atoms with van der Waals surface area (Å²) < 4.78 is 28.2. The van der Waals surface area contributed by atoms with Crippen molar-refractivity contribution in [3.05, 3.63) is 89.7 Å². The summed E-state index contributed by atoms with van der Waals surface area (Å²) in [5, 5.41) is 4.47. The number of para-hydroxylation sites is 1. The number of nitrogens with zero attached hydrogens (tertiary/aromatic N) is 4. The van der Waals surface area contributed by atoms with Crippen molar-refractivity contribution in [2.45, 2.75) is 57.4 Å². The van der Waals surface area contributed by atoms with Gasteiger partial charge in [-0.2, -0.15) is 4.31 Å². The molecule has 1 N–H and O–H groups in total. The summed E-state index contributed by atoms with van der Waals surface area (Å²) in [6.45, 7) is 12.8. The number of benzene rings is 3. The first-order chi connectivity index (χ1) is 19.1. The van der Waals surface area contributed by atoms with Gasteiger partial charge < -0.3 is 5.32 Å². The average Bonchev–Trinajstić information content (AvgIpc) is 2.97. The quantitative estimate of drug-likeness (QED) is 0.260. The Labute approximate surface area is 238 Å². The van der Waals surface area contributed by atoms with E-state index < -0.39 is 10.0 Å². The Morgan fingerprint density at radius 2 is 1.30 bits per heavy atom. The third-order valence-corrected chi connectivity index (χ3v) is 9.75. The van der Waals surface area contributed by atoms with Crippen LogP contribution in [-0.4, -0.2) is 53.8 Å². The van der Waals surface area contributed by atoms with Crippen LogP contribution in [0.3, 0.4) is 0 Å². The number of rotatable bonds is 8. The van der Waals surface area contributed by atoms with Crippen molar-refractivity contribution in [1.29, 1.82) is 0 Å². The van der Waals surface area contributed by atoms with Gasteiger partial charge in [-0.1, -0.05) is 64.1 Å². The summed E-state index contributed by atoms with van der Waals surface area (Å²) in [6.07, 6.45) is 0. The van der Waals surface area contributed by atoms with E-state index in [1.807, 2.05) is 36.4 Å². The molecule has 210 valence electrons. The molecule has 4 aromatic rings. The van der Waals surface area contributed by atoms with E-state index >= 15 is 0 Å². The van der Waals surface area contributed by atoms with Crippen LogP contribution < -0.4 is 5.32 Å². The molecule has 40 heavy (non-hydrogen) atoms. The molecular weight excluding hydrogens is 518 g/mol. The van der Waals surface area contributed by atoms with E-state index in [-0.39, 0.29) is 6.04 Å². The highest BCUT2D eigenvalue weighted by Gasteiger charge is 2.31. The van der Waals surface area contributed by atoms with E-state index in [0.717, 1.165) is 33.8 Å². The highest BCUT2D eigenvalue weighted by molar-refractivity contribution is 7.89. The zero-order chi connectivity index (χ0) is 28.4. The Bertz CT molecular complexity index is 1560. The first-order valence-electron chi connectivity index (χ1n) is 14.1. The van der Waals surface area contributed by atoms with Crippen molar-refractivity contribution in [3.8, 4) is 0 Å². The van der Waals surface area contributed by atoms with Gasteiger partial charge in [0.25, 0.3) is 0 Å². The van der Waals surface area contributed by atoms with E-state index in [0.29, 0.717) is 42.9 Å². The van der Waals surface area contributed by atoms with Gasteiger partial charge in [0.1, 0.15) is 11.6 Å². The summed E-state index contributed by atoms with van der Waals surface area (Å²) in [5.74, 6) is 2.33. The Hall–Kier alpha value is -3.33. The van der Waals surface area contributed by atoms with Crippen molar-refractivity contribution < 1.29 is 8.42 Å². The van der Waals surface area contributed by atoms with Gasteiger partial charge in [-0.3, -0.25) is 4.90 Å². The molecule has 7 nitrogen and oxygen atoms in total. The number of hydrogen-bond acceptors (Lipinski definition) is 6. The lowest BCUT2D eigenvalue weighted by Crippen LogP contribution is -2.49. The molecule has 0 saturated carbocycles. The number of hydrogen-bond donors (Lipinski definition) is 1. The van der Waals surface area contributed by atoms with Gasteiger partial charge in [0.05, 0.1) is 16.5 Å². The summed E-state index contributed by atoms with van der Waals surface area (Å²) in [4.78, 5) is 12.5. The lowest BCUT2D eigenvalue weighted by atomic mass is 10.0. The lowest BCUT2D eigenvalue weighted by molar-refractivity contribution is 0.141. The molecule has 0 bridgehead atoms. The fourth-order valence-corrected chi connectivity index (χ4v) is 6.56. The number of sulfonamides is 1. The monoisotopic (exact) mass is 557 g/mol. The molecule has 1 aromatic heterocycles. The van der Waals surface area contributed by atoms with Gasteiger partial charge in [0, 0.05) is 37.3 Å². The first-order valence-corrected chi connectivity index (χ1v) is 15.6. The molecule has 2 heterocycles. The topological polar surface area (TPSA) is 78.4 Å². The molecule has 1 atom stereocenters.